The first kappa shape index (κ1) is 17.5. The van der Waals surface area contributed by atoms with E-state index in [1.807, 2.05) is 6.92 Å². The molecule has 0 atom stereocenters. The van der Waals surface area contributed by atoms with Crippen LogP contribution in [0.4, 0.5) is 13.2 Å². The fourth-order valence-corrected chi connectivity index (χ4v) is 2.16. The van der Waals surface area contributed by atoms with Gasteiger partial charge in [-0.3, -0.25) is 9.48 Å². The number of halogens is 3. The van der Waals surface area contributed by atoms with Crippen molar-refractivity contribution in [1.82, 2.24) is 15.1 Å². The third-order valence-corrected chi connectivity index (χ3v) is 3.20. The number of hydrogen-bond acceptors (Lipinski definition) is 2. The molecule has 0 saturated heterocycles. The molecule has 1 aromatic rings. The van der Waals surface area contributed by atoms with Gasteiger partial charge in [0.15, 0.2) is 5.69 Å². The van der Waals surface area contributed by atoms with E-state index < -0.39 is 17.8 Å². The number of amides is 1. The Labute approximate surface area is 122 Å². The number of nitrogens with zero attached hydrogens (tertiary/aromatic N) is 2. The quantitative estimate of drug-likeness (QED) is 0.814. The lowest BCUT2D eigenvalue weighted by Gasteiger charge is -2.09. The summed E-state index contributed by atoms with van der Waals surface area (Å²) < 4.78 is 40.4. The first-order valence-corrected chi connectivity index (χ1v) is 7.14. The summed E-state index contributed by atoms with van der Waals surface area (Å²) in [6, 6.07) is -0.243. The molecule has 0 radical (unpaired) electrons. The number of carbonyl (C=O) groups is 1. The van der Waals surface area contributed by atoms with Crippen LogP contribution in [0.25, 0.3) is 0 Å². The highest BCUT2D eigenvalue weighted by Gasteiger charge is 2.40. The van der Waals surface area contributed by atoms with Gasteiger partial charge in [-0.15, -0.1) is 0 Å². The molecule has 0 saturated carbocycles. The van der Waals surface area contributed by atoms with Crippen LogP contribution < -0.4 is 5.32 Å². The van der Waals surface area contributed by atoms with Gasteiger partial charge >= 0.3 is 6.18 Å². The van der Waals surface area contributed by atoms with Crippen LogP contribution in [0, 0.1) is 6.92 Å². The number of rotatable bonds is 6. The van der Waals surface area contributed by atoms with Crippen LogP contribution in [-0.2, 0) is 6.18 Å². The lowest BCUT2D eigenvalue weighted by atomic mass is 10.1. The van der Waals surface area contributed by atoms with E-state index in [9.17, 15) is 18.0 Å². The minimum absolute atomic E-state index is 0.241. The molecule has 0 aliphatic rings. The molecule has 0 spiro atoms. The number of carbonyl (C=O) groups excluding carboxylic acids is 1. The van der Waals surface area contributed by atoms with Crippen molar-refractivity contribution in [2.75, 3.05) is 6.54 Å². The SMILES string of the molecule is CCCCCNC(=O)c1c(C(F)(F)F)nn(C(C)C)c1C. The monoisotopic (exact) mass is 305 g/mol. The van der Waals surface area contributed by atoms with E-state index in [0.717, 1.165) is 19.3 Å². The summed E-state index contributed by atoms with van der Waals surface area (Å²) in [6.45, 7) is 7.33. The van der Waals surface area contributed by atoms with Gasteiger partial charge in [0.25, 0.3) is 5.91 Å². The summed E-state index contributed by atoms with van der Waals surface area (Å²) >= 11 is 0. The van der Waals surface area contributed by atoms with E-state index in [1.165, 1.54) is 11.6 Å². The molecule has 4 nitrogen and oxygen atoms in total. The molecular formula is C14H22F3N3O. The lowest BCUT2D eigenvalue weighted by Crippen LogP contribution is -2.27. The van der Waals surface area contributed by atoms with E-state index >= 15 is 0 Å². The molecule has 0 unspecified atom stereocenters. The van der Waals surface area contributed by atoms with Gasteiger partial charge in [0, 0.05) is 18.3 Å². The largest absolute Gasteiger partial charge is 0.435 e. The Balaban J connectivity index is 3.06. The van der Waals surface area contributed by atoms with Crippen LogP contribution in [0.1, 0.15) is 67.8 Å². The lowest BCUT2D eigenvalue weighted by molar-refractivity contribution is -0.141. The minimum Gasteiger partial charge on any atom is -0.352 e. The van der Waals surface area contributed by atoms with Gasteiger partial charge in [-0.25, -0.2) is 0 Å². The van der Waals surface area contributed by atoms with Gasteiger partial charge in [0.1, 0.15) is 0 Å². The molecule has 0 aliphatic heterocycles. The highest BCUT2D eigenvalue weighted by atomic mass is 19.4. The number of nitrogens with one attached hydrogen (secondary N) is 1. The molecule has 0 aliphatic carbocycles. The molecule has 120 valence electrons. The van der Waals surface area contributed by atoms with Crippen molar-refractivity contribution in [3.05, 3.63) is 17.0 Å². The van der Waals surface area contributed by atoms with Gasteiger partial charge < -0.3 is 5.32 Å². The van der Waals surface area contributed by atoms with E-state index in [1.54, 1.807) is 13.8 Å². The highest BCUT2D eigenvalue weighted by molar-refractivity contribution is 5.96. The van der Waals surface area contributed by atoms with Crippen molar-refractivity contribution in [1.29, 1.82) is 0 Å². The van der Waals surface area contributed by atoms with E-state index in [-0.39, 0.29) is 17.3 Å². The number of alkyl halides is 3. The second kappa shape index (κ2) is 6.95. The zero-order valence-electron chi connectivity index (χ0n) is 12.8. The van der Waals surface area contributed by atoms with Gasteiger partial charge in [-0.2, -0.15) is 18.3 Å². The van der Waals surface area contributed by atoms with Crippen LogP contribution in [0.3, 0.4) is 0 Å². The van der Waals surface area contributed by atoms with Crippen LogP contribution in [0.5, 0.6) is 0 Å². The Morgan fingerprint density at radius 1 is 1.33 bits per heavy atom. The van der Waals surface area contributed by atoms with Crippen molar-refractivity contribution in [2.24, 2.45) is 0 Å². The zero-order chi connectivity index (χ0) is 16.2. The Bertz CT molecular complexity index is 492. The van der Waals surface area contributed by atoms with Gasteiger partial charge in [-0.1, -0.05) is 19.8 Å². The summed E-state index contributed by atoms with van der Waals surface area (Å²) in [4.78, 5) is 12.1. The Morgan fingerprint density at radius 2 is 1.95 bits per heavy atom. The maximum absolute atomic E-state index is 13.1. The Morgan fingerprint density at radius 3 is 2.43 bits per heavy atom. The predicted molar refractivity (Wildman–Crippen MR) is 74.2 cm³/mol. The predicted octanol–water partition coefficient (Wildman–Crippen LogP) is 3.71. The topological polar surface area (TPSA) is 46.9 Å². The third-order valence-electron chi connectivity index (χ3n) is 3.20. The van der Waals surface area contributed by atoms with Crippen molar-refractivity contribution >= 4 is 5.91 Å². The highest BCUT2D eigenvalue weighted by Crippen LogP contribution is 2.33. The molecule has 1 aromatic heterocycles. The standard InChI is InChI=1S/C14H22F3N3O/c1-5-6-7-8-18-13(21)11-10(4)20(9(2)3)19-12(11)14(15,16)17/h9H,5-8H2,1-4H3,(H,18,21). The average molecular weight is 305 g/mol. The molecule has 7 heteroatoms. The summed E-state index contributed by atoms with van der Waals surface area (Å²) in [7, 11) is 0. The number of hydrogen-bond donors (Lipinski definition) is 1. The summed E-state index contributed by atoms with van der Waals surface area (Å²) in [5.41, 5.74) is -1.24. The Kier molecular flexibility index (Phi) is 5.80. The summed E-state index contributed by atoms with van der Waals surface area (Å²) in [6.07, 6.45) is -1.98. The summed E-state index contributed by atoms with van der Waals surface area (Å²) in [5, 5.41) is 6.12. The van der Waals surface area contributed by atoms with Crippen LogP contribution in [-0.4, -0.2) is 22.2 Å². The van der Waals surface area contributed by atoms with Crippen LogP contribution in [0.2, 0.25) is 0 Å². The number of unbranched alkanes of at least 4 members (excludes halogenated alkanes) is 2. The first-order chi connectivity index (χ1) is 9.70. The molecule has 1 amide bonds. The molecular weight excluding hydrogens is 283 g/mol. The third kappa shape index (κ3) is 4.22. The van der Waals surface area contributed by atoms with Gasteiger partial charge in [-0.05, 0) is 27.2 Å². The number of aromatic nitrogens is 2. The first-order valence-electron chi connectivity index (χ1n) is 7.14. The second-order valence-corrected chi connectivity index (χ2v) is 5.31. The molecule has 1 heterocycles. The maximum Gasteiger partial charge on any atom is 0.435 e. The molecule has 0 bridgehead atoms. The summed E-state index contributed by atoms with van der Waals surface area (Å²) in [5.74, 6) is -0.706. The molecule has 1 rings (SSSR count). The molecule has 0 fully saturated rings. The van der Waals surface area contributed by atoms with Crippen molar-refractivity contribution in [3.8, 4) is 0 Å². The smallest absolute Gasteiger partial charge is 0.352 e. The average Bonchev–Trinajstić information content (AvgIpc) is 2.72. The molecule has 0 aromatic carbocycles. The van der Waals surface area contributed by atoms with Crippen LogP contribution >= 0.6 is 0 Å². The maximum atomic E-state index is 13.1. The molecule has 1 N–H and O–H groups in total. The zero-order valence-corrected chi connectivity index (χ0v) is 12.8. The van der Waals surface area contributed by atoms with E-state index in [0.29, 0.717) is 6.54 Å². The molecule has 21 heavy (non-hydrogen) atoms. The Hall–Kier alpha value is -1.53. The van der Waals surface area contributed by atoms with Crippen molar-refractivity contribution in [3.63, 3.8) is 0 Å². The fourth-order valence-electron chi connectivity index (χ4n) is 2.16. The van der Waals surface area contributed by atoms with Crippen LogP contribution in [0.15, 0.2) is 0 Å². The van der Waals surface area contributed by atoms with Gasteiger partial charge in [0.2, 0.25) is 0 Å². The van der Waals surface area contributed by atoms with Crippen molar-refractivity contribution < 1.29 is 18.0 Å². The van der Waals surface area contributed by atoms with Crippen molar-refractivity contribution in [2.45, 2.75) is 59.2 Å². The minimum atomic E-state index is -4.64. The fraction of sp³-hybridized carbons (Fsp3) is 0.714. The van der Waals surface area contributed by atoms with Gasteiger partial charge in [0.05, 0.1) is 5.56 Å². The second-order valence-electron chi connectivity index (χ2n) is 5.31. The van der Waals surface area contributed by atoms with E-state index in [4.69, 9.17) is 0 Å². The normalized spacial score (nSPS) is 12.0. The van der Waals surface area contributed by atoms with E-state index in [2.05, 4.69) is 10.4 Å².